The molecule has 0 aliphatic rings. The van der Waals surface area contributed by atoms with Crippen LogP contribution < -0.4 is 9.68 Å². The van der Waals surface area contributed by atoms with Gasteiger partial charge in [-0.2, -0.15) is 0 Å². The molecule has 90 valence electrons. The first kappa shape index (κ1) is 11.6. The topological polar surface area (TPSA) is 97.0 Å². The van der Waals surface area contributed by atoms with E-state index in [1.54, 1.807) is 0 Å². The van der Waals surface area contributed by atoms with Crippen LogP contribution in [0.4, 0.5) is 0 Å². The van der Waals surface area contributed by atoms with Gasteiger partial charge in [-0.25, -0.2) is 9.59 Å². The summed E-state index contributed by atoms with van der Waals surface area (Å²) in [5.74, 6) is -1.15. The molecule has 1 aromatic heterocycles. The van der Waals surface area contributed by atoms with E-state index in [0.29, 0.717) is 4.70 Å². The highest BCUT2D eigenvalue weighted by molar-refractivity contribution is 7.16. The minimum atomic E-state index is -1.66. The Bertz CT molecular complexity index is 625. The Morgan fingerprint density at radius 3 is 2.82 bits per heavy atom. The largest absolute Gasteiger partial charge is 0.493 e. The van der Waals surface area contributed by atoms with Crippen LogP contribution in [0.1, 0.15) is 11.7 Å². The van der Waals surface area contributed by atoms with Crippen molar-refractivity contribution in [2.24, 2.45) is 0 Å². The molecule has 0 aliphatic carbocycles. The number of carboxylic acid groups (broad SMARTS) is 1. The molecule has 1 atom stereocenters. The van der Waals surface area contributed by atoms with Gasteiger partial charge in [-0.3, -0.25) is 0 Å². The molecule has 0 saturated carbocycles. The summed E-state index contributed by atoms with van der Waals surface area (Å²) in [5, 5.41) is 18.1. The zero-order valence-electron chi connectivity index (χ0n) is 8.67. The van der Waals surface area contributed by atoms with Crippen molar-refractivity contribution in [3.8, 4) is 5.75 Å². The van der Waals surface area contributed by atoms with Crippen molar-refractivity contribution in [2.75, 3.05) is 7.11 Å². The highest BCUT2D eigenvalue weighted by atomic mass is 32.1. The highest BCUT2D eigenvalue weighted by Crippen LogP contribution is 2.31. The Morgan fingerprint density at radius 2 is 2.24 bits per heavy atom. The quantitative estimate of drug-likeness (QED) is 0.849. The number of hydrogen-bond acceptors (Lipinski definition) is 6. The number of benzene rings is 1. The minimum absolute atomic E-state index is 0.138. The zero-order valence-corrected chi connectivity index (χ0v) is 9.48. The van der Waals surface area contributed by atoms with Crippen LogP contribution in [0.15, 0.2) is 21.3 Å². The molecule has 2 rings (SSSR count). The Kier molecular flexibility index (Phi) is 2.86. The monoisotopic (exact) mass is 256 g/mol. The number of carboxylic acids is 1. The van der Waals surface area contributed by atoms with E-state index in [1.165, 1.54) is 19.2 Å². The first-order valence-electron chi connectivity index (χ1n) is 4.55. The van der Waals surface area contributed by atoms with Gasteiger partial charge in [0.2, 0.25) is 0 Å². The maximum atomic E-state index is 11.1. The van der Waals surface area contributed by atoms with Gasteiger partial charge in [0, 0.05) is 0 Å². The summed E-state index contributed by atoms with van der Waals surface area (Å²) in [4.78, 5) is 21.2. The van der Waals surface area contributed by atoms with E-state index >= 15 is 0 Å². The van der Waals surface area contributed by atoms with Crippen LogP contribution in [0.2, 0.25) is 0 Å². The van der Waals surface area contributed by atoms with Crippen LogP contribution in [-0.2, 0) is 4.79 Å². The molecule has 2 N–H and O–H groups in total. The molecule has 17 heavy (non-hydrogen) atoms. The molecule has 2 aromatic rings. The smallest absolute Gasteiger partial charge is 0.396 e. The molecule has 0 fully saturated rings. The molecule has 0 saturated heterocycles. The van der Waals surface area contributed by atoms with Crippen LogP contribution in [-0.4, -0.2) is 23.3 Å². The van der Waals surface area contributed by atoms with E-state index < -0.39 is 17.0 Å². The van der Waals surface area contributed by atoms with Crippen LogP contribution >= 0.6 is 11.3 Å². The number of carbonyl (C=O) groups is 1. The fourth-order valence-electron chi connectivity index (χ4n) is 1.42. The van der Waals surface area contributed by atoms with E-state index in [9.17, 15) is 14.7 Å². The normalized spacial score (nSPS) is 12.6. The number of ether oxygens (including phenoxy) is 1. The van der Waals surface area contributed by atoms with E-state index in [-0.39, 0.29) is 16.9 Å². The average Bonchev–Trinajstić information content (AvgIpc) is 2.66. The number of methoxy groups -OCH3 is 1. The second-order valence-electron chi connectivity index (χ2n) is 3.25. The standard InChI is InChI=1S/C10H8O6S/c1-15-5-2-4(7(11)9(12)13)3-6-8(5)16-10(14)17-6/h2-3,7,11H,1H3,(H,12,13). The lowest BCUT2D eigenvalue weighted by atomic mass is 10.1. The van der Waals surface area contributed by atoms with Crippen molar-refractivity contribution < 1.29 is 24.2 Å². The van der Waals surface area contributed by atoms with Gasteiger partial charge in [-0.05, 0) is 17.7 Å². The van der Waals surface area contributed by atoms with Crippen molar-refractivity contribution >= 4 is 27.6 Å². The van der Waals surface area contributed by atoms with Crippen LogP contribution in [0.25, 0.3) is 10.3 Å². The first-order valence-corrected chi connectivity index (χ1v) is 5.37. The lowest BCUT2D eigenvalue weighted by Crippen LogP contribution is -2.10. The molecule has 0 amide bonds. The zero-order chi connectivity index (χ0) is 12.6. The predicted octanol–water partition coefficient (Wildman–Crippen LogP) is 0.981. The second-order valence-corrected chi connectivity index (χ2v) is 4.22. The highest BCUT2D eigenvalue weighted by Gasteiger charge is 2.20. The summed E-state index contributed by atoms with van der Waals surface area (Å²) in [6, 6.07) is 2.73. The van der Waals surface area contributed by atoms with E-state index in [2.05, 4.69) is 0 Å². The maximum absolute atomic E-state index is 11.1. The van der Waals surface area contributed by atoms with Gasteiger partial charge in [-0.1, -0.05) is 11.3 Å². The van der Waals surface area contributed by atoms with Gasteiger partial charge >= 0.3 is 10.9 Å². The van der Waals surface area contributed by atoms with E-state index in [0.717, 1.165) is 11.3 Å². The van der Waals surface area contributed by atoms with Crippen molar-refractivity contribution in [1.82, 2.24) is 0 Å². The van der Waals surface area contributed by atoms with Crippen molar-refractivity contribution in [3.63, 3.8) is 0 Å². The Morgan fingerprint density at radius 1 is 1.53 bits per heavy atom. The number of aliphatic hydroxyl groups excluding tert-OH is 1. The van der Waals surface area contributed by atoms with Gasteiger partial charge in [0.15, 0.2) is 17.4 Å². The minimum Gasteiger partial charge on any atom is -0.493 e. The molecule has 6 nitrogen and oxygen atoms in total. The van der Waals surface area contributed by atoms with Crippen LogP contribution in [0, 0.1) is 0 Å². The van der Waals surface area contributed by atoms with Crippen LogP contribution in [0.3, 0.4) is 0 Å². The summed E-state index contributed by atoms with van der Waals surface area (Å²) in [6.07, 6.45) is -1.66. The third-order valence-electron chi connectivity index (χ3n) is 2.19. The van der Waals surface area contributed by atoms with Gasteiger partial charge in [0.1, 0.15) is 0 Å². The number of aliphatic hydroxyl groups is 1. The number of aliphatic carboxylic acids is 1. The molecule has 1 heterocycles. The molecule has 7 heteroatoms. The number of hydrogen-bond donors (Lipinski definition) is 2. The van der Waals surface area contributed by atoms with Crippen LogP contribution in [0.5, 0.6) is 5.75 Å². The summed E-state index contributed by atoms with van der Waals surface area (Å²) < 4.78 is 10.3. The third-order valence-corrected chi connectivity index (χ3v) is 2.96. The number of rotatable bonds is 3. The summed E-state index contributed by atoms with van der Waals surface area (Å²) in [7, 11) is 1.36. The fraction of sp³-hybridized carbons (Fsp3) is 0.200. The third kappa shape index (κ3) is 2.02. The van der Waals surface area contributed by atoms with Crippen molar-refractivity contribution in [3.05, 3.63) is 27.4 Å². The first-order chi connectivity index (χ1) is 8.02. The fourth-order valence-corrected chi connectivity index (χ4v) is 2.15. The van der Waals surface area contributed by atoms with Crippen molar-refractivity contribution in [2.45, 2.75) is 6.10 Å². The van der Waals surface area contributed by atoms with Gasteiger partial charge in [0.05, 0.1) is 11.8 Å². The molecule has 1 aromatic carbocycles. The molecule has 0 radical (unpaired) electrons. The van der Waals surface area contributed by atoms with Crippen molar-refractivity contribution in [1.29, 1.82) is 0 Å². The molecule has 1 unspecified atom stereocenters. The molecule has 0 aliphatic heterocycles. The molecule has 0 spiro atoms. The Labute approximate surface area is 98.7 Å². The summed E-state index contributed by atoms with van der Waals surface area (Å²) in [5.41, 5.74) is 0.391. The van der Waals surface area contributed by atoms with E-state index in [1.807, 2.05) is 0 Å². The summed E-state index contributed by atoms with van der Waals surface area (Å²) in [6.45, 7) is 0. The van der Waals surface area contributed by atoms with E-state index in [4.69, 9.17) is 14.3 Å². The molecular weight excluding hydrogens is 248 g/mol. The lowest BCUT2D eigenvalue weighted by molar-refractivity contribution is -0.146. The molecule has 0 bridgehead atoms. The Balaban J connectivity index is 2.67. The lowest BCUT2D eigenvalue weighted by Gasteiger charge is -2.07. The average molecular weight is 256 g/mol. The van der Waals surface area contributed by atoms with Gasteiger partial charge in [0.25, 0.3) is 0 Å². The number of fused-ring (bicyclic) bond motifs is 1. The SMILES string of the molecule is COc1cc(C(O)C(=O)O)cc2sc(=O)oc12. The Hall–Kier alpha value is -1.86. The second kappa shape index (κ2) is 4.19. The van der Waals surface area contributed by atoms with Gasteiger partial charge in [-0.15, -0.1) is 0 Å². The summed E-state index contributed by atoms with van der Waals surface area (Å²) >= 11 is 0.819. The maximum Gasteiger partial charge on any atom is 0.396 e. The molecular formula is C10H8O6S. The van der Waals surface area contributed by atoms with Gasteiger partial charge < -0.3 is 19.4 Å². The predicted molar refractivity (Wildman–Crippen MR) is 59.5 cm³/mol.